The Labute approximate surface area is 171 Å². The quantitative estimate of drug-likeness (QED) is 0.414. The molecule has 0 aliphatic carbocycles. The summed E-state index contributed by atoms with van der Waals surface area (Å²) in [6.07, 6.45) is 5.42. The zero-order valence-electron chi connectivity index (χ0n) is 15.9. The molecule has 2 aromatic carbocycles. The van der Waals surface area contributed by atoms with Crippen molar-refractivity contribution < 1.29 is 0 Å². The van der Waals surface area contributed by atoms with Crippen LogP contribution in [0.4, 0.5) is 0 Å². The van der Waals surface area contributed by atoms with Gasteiger partial charge in [-0.15, -0.1) is 0 Å². The van der Waals surface area contributed by atoms with E-state index in [-0.39, 0.29) is 5.56 Å². The van der Waals surface area contributed by atoms with E-state index in [0.717, 1.165) is 33.9 Å². The fourth-order valence-corrected chi connectivity index (χ4v) is 3.82. The predicted octanol–water partition coefficient (Wildman–Crippen LogP) is 4.97. The Kier molecular flexibility index (Phi) is 5.13. The third-order valence-electron chi connectivity index (χ3n) is 4.82. The summed E-state index contributed by atoms with van der Waals surface area (Å²) in [5, 5.41) is 6.24. The molecular formula is C22H21BrN4O. The third kappa shape index (κ3) is 3.29. The highest BCUT2D eigenvalue weighted by Crippen LogP contribution is 2.20. The van der Waals surface area contributed by atoms with Crippen LogP contribution in [0.3, 0.4) is 0 Å². The van der Waals surface area contributed by atoms with Gasteiger partial charge in [-0.3, -0.25) is 4.79 Å². The molecule has 0 unspecified atom stereocenters. The third-order valence-corrected chi connectivity index (χ3v) is 5.31. The van der Waals surface area contributed by atoms with Gasteiger partial charge < -0.3 is 4.57 Å². The first-order valence-corrected chi connectivity index (χ1v) is 10.2. The number of hydrogen-bond acceptors (Lipinski definition) is 3. The molecule has 0 saturated carbocycles. The van der Waals surface area contributed by atoms with Crippen LogP contribution in [0.15, 0.2) is 63.0 Å². The van der Waals surface area contributed by atoms with Gasteiger partial charge in [0.05, 0.1) is 17.1 Å². The number of benzene rings is 2. The average Bonchev–Trinajstić information content (AvgIpc) is 3.07. The lowest BCUT2D eigenvalue weighted by atomic mass is 10.2. The van der Waals surface area contributed by atoms with Crippen LogP contribution in [0, 0.1) is 0 Å². The molecule has 142 valence electrons. The van der Waals surface area contributed by atoms with Crippen molar-refractivity contribution in [1.82, 2.24) is 14.2 Å². The van der Waals surface area contributed by atoms with Gasteiger partial charge in [-0.05, 0) is 37.6 Å². The summed E-state index contributed by atoms with van der Waals surface area (Å²) in [6.45, 7) is 5.06. The van der Waals surface area contributed by atoms with Gasteiger partial charge in [0.1, 0.15) is 5.82 Å². The molecule has 6 heteroatoms. The molecule has 0 radical (unpaired) electrons. The van der Waals surface area contributed by atoms with E-state index in [0.29, 0.717) is 23.1 Å². The molecule has 5 nitrogen and oxygen atoms in total. The largest absolute Gasteiger partial charge is 0.347 e. The van der Waals surface area contributed by atoms with Crippen LogP contribution in [-0.4, -0.2) is 20.4 Å². The van der Waals surface area contributed by atoms with E-state index in [1.165, 1.54) is 4.68 Å². The van der Waals surface area contributed by atoms with E-state index in [4.69, 9.17) is 0 Å². The Morgan fingerprint density at radius 2 is 1.96 bits per heavy atom. The second kappa shape index (κ2) is 7.72. The van der Waals surface area contributed by atoms with Gasteiger partial charge in [-0.2, -0.15) is 9.78 Å². The van der Waals surface area contributed by atoms with Crippen LogP contribution < -0.4 is 5.56 Å². The zero-order valence-corrected chi connectivity index (χ0v) is 17.5. The topological polar surface area (TPSA) is 52.2 Å². The van der Waals surface area contributed by atoms with Gasteiger partial charge in [-0.25, -0.2) is 4.98 Å². The molecule has 28 heavy (non-hydrogen) atoms. The van der Waals surface area contributed by atoms with Crippen molar-refractivity contribution >= 4 is 44.0 Å². The number of rotatable bonds is 5. The van der Waals surface area contributed by atoms with Gasteiger partial charge in [0.15, 0.2) is 0 Å². The van der Waals surface area contributed by atoms with Gasteiger partial charge in [0.25, 0.3) is 5.56 Å². The van der Waals surface area contributed by atoms with Gasteiger partial charge >= 0.3 is 0 Å². The molecule has 0 N–H and O–H groups in total. The lowest BCUT2D eigenvalue weighted by Gasteiger charge is -2.08. The molecule has 0 atom stereocenters. The van der Waals surface area contributed by atoms with Crippen LogP contribution >= 0.6 is 15.9 Å². The van der Waals surface area contributed by atoms with Crippen molar-refractivity contribution in [3.8, 4) is 0 Å². The highest BCUT2D eigenvalue weighted by atomic mass is 79.9. The van der Waals surface area contributed by atoms with Crippen LogP contribution in [-0.2, 0) is 13.0 Å². The highest BCUT2D eigenvalue weighted by molar-refractivity contribution is 9.10. The molecule has 0 fully saturated rings. The second-order valence-corrected chi connectivity index (χ2v) is 7.60. The minimum absolute atomic E-state index is 0.148. The molecule has 0 aliphatic rings. The SMILES string of the molecule is CCCc1nc2ccc(Br)cc2c(=O)n1N=Cc1cn(CC)c2ccccc12. The molecule has 0 spiro atoms. The maximum absolute atomic E-state index is 13.1. The van der Waals surface area contributed by atoms with Crippen molar-refractivity contribution in [2.75, 3.05) is 0 Å². The van der Waals surface area contributed by atoms with Crippen molar-refractivity contribution in [2.24, 2.45) is 5.10 Å². The van der Waals surface area contributed by atoms with Crippen molar-refractivity contribution in [2.45, 2.75) is 33.2 Å². The fourth-order valence-electron chi connectivity index (χ4n) is 3.46. The average molecular weight is 437 g/mol. The van der Waals surface area contributed by atoms with Crippen molar-refractivity contribution in [3.63, 3.8) is 0 Å². The molecule has 2 heterocycles. The first kappa shape index (κ1) is 18.6. The first-order valence-electron chi connectivity index (χ1n) is 9.45. The summed E-state index contributed by atoms with van der Waals surface area (Å²) in [7, 11) is 0. The number of fused-ring (bicyclic) bond motifs is 2. The molecule has 0 bridgehead atoms. The van der Waals surface area contributed by atoms with Gasteiger partial charge in [0, 0.05) is 40.1 Å². The first-order chi connectivity index (χ1) is 13.6. The number of hydrogen-bond donors (Lipinski definition) is 0. The van der Waals surface area contributed by atoms with Crippen molar-refractivity contribution in [3.05, 3.63) is 74.9 Å². The Morgan fingerprint density at radius 3 is 2.75 bits per heavy atom. The Hall–Kier alpha value is -2.73. The monoisotopic (exact) mass is 436 g/mol. The van der Waals surface area contributed by atoms with E-state index < -0.39 is 0 Å². The second-order valence-electron chi connectivity index (χ2n) is 6.69. The number of halogens is 1. The van der Waals surface area contributed by atoms with E-state index >= 15 is 0 Å². The summed E-state index contributed by atoms with van der Waals surface area (Å²) in [4.78, 5) is 17.8. The number of aryl methyl sites for hydroxylation is 2. The Bertz CT molecular complexity index is 1250. The lowest BCUT2D eigenvalue weighted by Crippen LogP contribution is -2.22. The fraction of sp³-hybridized carbons (Fsp3) is 0.227. The maximum Gasteiger partial charge on any atom is 0.282 e. The molecular weight excluding hydrogens is 416 g/mol. The summed E-state index contributed by atoms with van der Waals surface area (Å²) < 4.78 is 4.47. The minimum Gasteiger partial charge on any atom is -0.347 e. The summed E-state index contributed by atoms with van der Waals surface area (Å²) in [5.74, 6) is 0.679. The van der Waals surface area contributed by atoms with Gasteiger partial charge in [0.2, 0.25) is 0 Å². The zero-order chi connectivity index (χ0) is 19.7. The molecule has 0 saturated heterocycles. The van der Waals surface area contributed by atoms with Crippen LogP contribution in [0.2, 0.25) is 0 Å². The standard InChI is InChI=1S/C22H21BrN4O/c1-3-7-21-25-19-11-10-16(23)12-18(19)22(28)27(21)24-13-15-14-26(4-2)20-9-6-5-8-17(15)20/h5-6,8-14H,3-4,7H2,1-2H3. The molecule has 0 aliphatic heterocycles. The van der Waals surface area contributed by atoms with Crippen LogP contribution in [0.5, 0.6) is 0 Å². The molecule has 4 rings (SSSR count). The van der Waals surface area contributed by atoms with E-state index in [1.54, 1.807) is 12.3 Å². The van der Waals surface area contributed by atoms with E-state index in [2.05, 4.69) is 62.8 Å². The van der Waals surface area contributed by atoms with Crippen LogP contribution in [0.1, 0.15) is 31.7 Å². The molecule has 2 aromatic heterocycles. The predicted molar refractivity (Wildman–Crippen MR) is 118 cm³/mol. The summed E-state index contributed by atoms with van der Waals surface area (Å²) >= 11 is 3.44. The molecule has 4 aromatic rings. The molecule has 0 amide bonds. The summed E-state index contributed by atoms with van der Waals surface area (Å²) in [6, 6.07) is 13.8. The Morgan fingerprint density at radius 1 is 1.14 bits per heavy atom. The van der Waals surface area contributed by atoms with E-state index in [9.17, 15) is 4.79 Å². The van der Waals surface area contributed by atoms with Gasteiger partial charge in [-0.1, -0.05) is 41.1 Å². The van der Waals surface area contributed by atoms with Crippen molar-refractivity contribution in [1.29, 1.82) is 0 Å². The number of para-hydroxylation sites is 1. The smallest absolute Gasteiger partial charge is 0.282 e. The highest BCUT2D eigenvalue weighted by Gasteiger charge is 2.11. The Balaban J connectivity index is 1.88. The number of nitrogens with zero attached hydrogens (tertiary/aromatic N) is 4. The van der Waals surface area contributed by atoms with Crippen LogP contribution in [0.25, 0.3) is 21.8 Å². The maximum atomic E-state index is 13.1. The summed E-state index contributed by atoms with van der Waals surface area (Å²) in [5.41, 5.74) is 2.70. The van der Waals surface area contributed by atoms with E-state index in [1.807, 2.05) is 24.3 Å². The lowest BCUT2D eigenvalue weighted by molar-refractivity contribution is 0.703. The minimum atomic E-state index is -0.148. The normalized spacial score (nSPS) is 11.8. The number of aromatic nitrogens is 3.